The van der Waals surface area contributed by atoms with Gasteiger partial charge in [-0.1, -0.05) is 14.4 Å². The monoisotopic (exact) mass is 256 g/mol. The minimum Gasteiger partial charge on any atom is -0.390 e. The molecule has 3 unspecified atom stereocenters. The second-order valence-corrected chi connectivity index (χ2v) is 4.32. The summed E-state index contributed by atoms with van der Waals surface area (Å²) in [5.41, 5.74) is -0.450. The Kier molecular flexibility index (Phi) is 4.48. The van der Waals surface area contributed by atoms with Gasteiger partial charge in [0.05, 0.1) is 12.2 Å². The number of aromatic nitrogens is 2. The van der Waals surface area contributed by atoms with Gasteiger partial charge in [-0.05, 0) is 13.3 Å². The van der Waals surface area contributed by atoms with E-state index in [1.165, 1.54) is 10.8 Å². The van der Waals surface area contributed by atoms with Crippen molar-refractivity contribution in [1.29, 1.82) is 0 Å². The minimum atomic E-state index is -0.566. The van der Waals surface area contributed by atoms with Crippen molar-refractivity contribution in [3.05, 3.63) is 32.6 Å². The van der Waals surface area contributed by atoms with Crippen LogP contribution in [0.4, 0.5) is 0 Å². The number of ether oxygens (including phenoxy) is 1. The van der Waals surface area contributed by atoms with Crippen LogP contribution in [0.3, 0.4) is 0 Å². The van der Waals surface area contributed by atoms with E-state index < -0.39 is 23.6 Å². The zero-order valence-electron chi connectivity index (χ0n) is 9.84. The number of H-pyrrole nitrogens is 1. The lowest BCUT2D eigenvalue weighted by Gasteiger charge is -2.14. The van der Waals surface area contributed by atoms with Crippen LogP contribution >= 0.6 is 0 Å². The summed E-state index contributed by atoms with van der Waals surface area (Å²) >= 11 is 0. The van der Waals surface area contributed by atoms with E-state index in [1.54, 1.807) is 6.92 Å². The SMILES string of the molecule is C.CCC1OC(n2cc(C)c(=O)[nH]c2=O)CC1O. The van der Waals surface area contributed by atoms with Crippen LogP contribution in [-0.4, -0.2) is 26.9 Å². The number of nitrogens with one attached hydrogen (secondary N) is 1. The van der Waals surface area contributed by atoms with Gasteiger partial charge in [-0.25, -0.2) is 4.79 Å². The van der Waals surface area contributed by atoms with Crippen molar-refractivity contribution in [2.45, 2.75) is 52.6 Å². The van der Waals surface area contributed by atoms with Crippen LogP contribution < -0.4 is 11.2 Å². The molecule has 2 N–H and O–H groups in total. The molecule has 18 heavy (non-hydrogen) atoms. The second-order valence-electron chi connectivity index (χ2n) is 4.32. The molecule has 1 aromatic heterocycles. The molecule has 0 spiro atoms. The maximum absolute atomic E-state index is 11.6. The molecule has 2 rings (SSSR count). The third kappa shape index (κ3) is 2.54. The highest BCUT2D eigenvalue weighted by Gasteiger charge is 2.34. The van der Waals surface area contributed by atoms with Gasteiger partial charge < -0.3 is 9.84 Å². The molecule has 2 heterocycles. The molecule has 0 bridgehead atoms. The quantitative estimate of drug-likeness (QED) is 0.808. The lowest BCUT2D eigenvalue weighted by atomic mass is 10.1. The largest absolute Gasteiger partial charge is 0.390 e. The number of aryl methyl sites for hydroxylation is 1. The number of hydrogen-bond donors (Lipinski definition) is 2. The summed E-state index contributed by atoms with van der Waals surface area (Å²) in [6.07, 6.45) is 1.20. The molecule has 6 nitrogen and oxygen atoms in total. The predicted octanol–water partition coefficient (Wildman–Crippen LogP) is 0.540. The molecule has 102 valence electrons. The summed E-state index contributed by atoms with van der Waals surface area (Å²) < 4.78 is 6.90. The fourth-order valence-corrected chi connectivity index (χ4v) is 2.05. The van der Waals surface area contributed by atoms with Gasteiger partial charge in [0.25, 0.3) is 5.56 Å². The average Bonchev–Trinajstić information content (AvgIpc) is 2.65. The van der Waals surface area contributed by atoms with Crippen molar-refractivity contribution < 1.29 is 9.84 Å². The van der Waals surface area contributed by atoms with Crippen molar-refractivity contribution >= 4 is 0 Å². The topological polar surface area (TPSA) is 84.3 Å². The number of aromatic amines is 1. The third-order valence-corrected chi connectivity index (χ3v) is 3.06. The third-order valence-electron chi connectivity index (χ3n) is 3.06. The summed E-state index contributed by atoms with van der Waals surface area (Å²) in [6.45, 7) is 3.54. The number of aliphatic hydroxyl groups excluding tert-OH is 1. The van der Waals surface area contributed by atoms with E-state index in [-0.39, 0.29) is 13.5 Å². The number of hydrogen-bond acceptors (Lipinski definition) is 4. The van der Waals surface area contributed by atoms with E-state index in [9.17, 15) is 14.7 Å². The first kappa shape index (κ1) is 14.7. The van der Waals surface area contributed by atoms with E-state index in [1.807, 2.05) is 6.92 Å². The predicted molar refractivity (Wildman–Crippen MR) is 67.6 cm³/mol. The lowest BCUT2D eigenvalue weighted by molar-refractivity contribution is -0.0218. The summed E-state index contributed by atoms with van der Waals surface area (Å²) in [6, 6.07) is 0. The maximum atomic E-state index is 11.6. The normalized spacial score (nSPS) is 26.9. The van der Waals surface area contributed by atoms with Crippen molar-refractivity contribution in [3.63, 3.8) is 0 Å². The molecular weight excluding hydrogens is 236 g/mol. The average molecular weight is 256 g/mol. The molecule has 1 aliphatic rings. The van der Waals surface area contributed by atoms with Gasteiger partial charge in [0.15, 0.2) is 0 Å². The molecule has 0 saturated carbocycles. The Morgan fingerprint density at radius 2 is 2.22 bits per heavy atom. The van der Waals surface area contributed by atoms with Crippen molar-refractivity contribution in [1.82, 2.24) is 9.55 Å². The molecule has 0 aliphatic carbocycles. The highest BCUT2D eigenvalue weighted by molar-refractivity contribution is 5.01. The Morgan fingerprint density at radius 3 is 2.78 bits per heavy atom. The molecule has 0 amide bonds. The molecule has 1 fully saturated rings. The molecule has 6 heteroatoms. The number of rotatable bonds is 2. The maximum Gasteiger partial charge on any atom is 0.330 e. The first-order chi connectivity index (χ1) is 8.02. The van der Waals surface area contributed by atoms with Crippen LogP contribution in [0.5, 0.6) is 0 Å². The first-order valence-corrected chi connectivity index (χ1v) is 5.68. The Bertz CT molecular complexity index is 520. The van der Waals surface area contributed by atoms with E-state index in [0.717, 1.165) is 0 Å². The van der Waals surface area contributed by atoms with Gasteiger partial charge in [-0.2, -0.15) is 0 Å². The van der Waals surface area contributed by atoms with Crippen LogP contribution in [-0.2, 0) is 4.74 Å². The molecular formula is C12H20N2O4. The van der Waals surface area contributed by atoms with Crippen molar-refractivity contribution in [2.24, 2.45) is 0 Å². The highest BCUT2D eigenvalue weighted by atomic mass is 16.5. The van der Waals surface area contributed by atoms with Crippen LogP contribution in [0.1, 0.15) is 39.0 Å². The zero-order chi connectivity index (χ0) is 12.6. The van der Waals surface area contributed by atoms with E-state index >= 15 is 0 Å². The zero-order valence-corrected chi connectivity index (χ0v) is 9.84. The Balaban J connectivity index is 0.00000162. The lowest BCUT2D eigenvalue weighted by Crippen LogP contribution is -2.33. The first-order valence-electron chi connectivity index (χ1n) is 5.68. The molecule has 0 aromatic carbocycles. The smallest absolute Gasteiger partial charge is 0.330 e. The van der Waals surface area contributed by atoms with Gasteiger partial charge in [0, 0.05) is 18.2 Å². The Labute approximate surface area is 105 Å². The van der Waals surface area contributed by atoms with Crippen molar-refractivity contribution in [2.75, 3.05) is 0 Å². The standard InChI is InChI=1S/C11H16N2O4.CH4/c1-3-8-7(14)4-9(17-8)13-5-6(2)10(15)12-11(13)16;/h5,7-9,14H,3-4H2,1-2H3,(H,12,15,16);1H4. The Morgan fingerprint density at radius 1 is 1.56 bits per heavy atom. The molecule has 1 aliphatic heterocycles. The summed E-state index contributed by atoms with van der Waals surface area (Å²) in [7, 11) is 0. The van der Waals surface area contributed by atoms with Gasteiger partial charge >= 0.3 is 5.69 Å². The fourth-order valence-electron chi connectivity index (χ4n) is 2.05. The molecule has 1 aromatic rings. The summed E-state index contributed by atoms with van der Waals surface area (Å²) in [5, 5.41) is 9.72. The van der Waals surface area contributed by atoms with Crippen LogP contribution in [0.15, 0.2) is 15.8 Å². The van der Waals surface area contributed by atoms with Gasteiger partial charge in [0.2, 0.25) is 0 Å². The van der Waals surface area contributed by atoms with Crippen LogP contribution in [0.25, 0.3) is 0 Å². The van der Waals surface area contributed by atoms with E-state index in [2.05, 4.69) is 4.98 Å². The van der Waals surface area contributed by atoms with Gasteiger partial charge in [-0.15, -0.1) is 0 Å². The van der Waals surface area contributed by atoms with E-state index in [4.69, 9.17) is 4.74 Å². The van der Waals surface area contributed by atoms with Crippen LogP contribution in [0.2, 0.25) is 0 Å². The van der Waals surface area contributed by atoms with Crippen LogP contribution in [0, 0.1) is 6.92 Å². The summed E-state index contributed by atoms with van der Waals surface area (Å²) in [4.78, 5) is 25.1. The molecule has 1 saturated heterocycles. The van der Waals surface area contributed by atoms with Crippen molar-refractivity contribution in [3.8, 4) is 0 Å². The molecule has 0 radical (unpaired) electrons. The number of aliphatic hydroxyl groups is 1. The number of nitrogens with zero attached hydrogens (tertiary/aromatic N) is 1. The van der Waals surface area contributed by atoms with Gasteiger partial charge in [0.1, 0.15) is 6.23 Å². The fraction of sp³-hybridized carbons (Fsp3) is 0.667. The van der Waals surface area contributed by atoms with Gasteiger partial charge in [-0.3, -0.25) is 14.3 Å². The Hall–Kier alpha value is -1.40. The van der Waals surface area contributed by atoms with E-state index in [0.29, 0.717) is 18.4 Å². The minimum absolute atomic E-state index is 0. The second kappa shape index (κ2) is 5.49. The highest BCUT2D eigenvalue weighted by Crippen LogP contribution is 2.28. The summed E-state index contributed by atoms with van der Waals surface area (Å²) in [5.74, 6) is 0. The molecule has 3 atom stereocenters.